The van der Waals surface area contributed by atoms with Crippen molar-refractivity contribution in [3.05, 3.63) is 53.6 Å². The third-order valence-electron chi connectivity index (χ3n) is 4.28. The summed E-state index contributed by atoms with van der Waals surface area (Å²) >= 11 is 0. The normalized spacial score (nSPS) is 14.5. The highest BCUT2D eigenvalue weighted by atomic mass is 16.3. The average Bonchev–Trinajstić information content (AvgIpc) is 2.62. The zero-order valence-electron chi connectivity index (χ0n) is 12.9. The molecule has 1 fully saturated rings. The number of aldehydes is 1. The molecule has 0 unspecified atom stereocenters. The van der Waals surface area contributed by atoms with Crippen LogP contribution in [0.4, 0.5) is 0 Å². The van der Waals surface area contributed by atoms with E-state index in [4.69, 9.17) is 0 Å². The van der Waals surface area contributed by atoms with E-state index in [-0.39, 0.29) is 17.2 Å². The minimum Gasteiger partial charge on any atom is -0.507 e. The maximum Gasteiger partial charge on any atom is 0.253 e. The molecule has 0 bridgehead atoms. The van der Waals surface area contributed by atoms with Crippen molar-refractivity contribution in [2.24, 2.45) is 0 Å². The molecule has 4 heteroatoms. The molecule has 23 heavy (non-hydrogen) atoms. The number of piperidine rings is 1. The van der Waals surface area contributed by atoms with Gasteiger partial charge in [-0.1, -0.05) is 24.3 Å². The van der Waals surface area contributed by atoms with Crippen LogP contribution in [0.1, 0.15) is 40.0 Å². The summed E-state index contributed by atoms with van der Waals surface area (Å²) in [5.74, 6) is 0.0275. The summed E-state index contributed by atoms with van der Waals surface area (Å²) < 4.78 is 0. The predicted molar refractivity (Wildman–Crippen MR) is 88.7 cm³/mol. The Morgan fingerprint density at radius 3 is 2.35 bits per heavy atom. The molecule has 2 aromatic carbocycles. The lowest BCUT2D eigenvalue weighted by molar-refractivity contribution is 0.0724. The van der Waals surface area contributed by atoms with Gasteiger partial charge in [-0.25, -0.2) is 0 Å². The van der Waals surface area contributed by atoms with Gasteiger partial charge in [0.25, 0.3) is 5.91 Å². The molecular weight excluding hydrogens is 290 g/mol. The van der Waals surface area contributed by atoms with E-state index in [1.807, 2.05) is 4.90 Å². The van der Waals surface area contributed by atoms with Gasteiger partial charge in [0, 0.05) is 24.2 Å². The first-order valence-corrected chi connectivity index (χ1v) is 7.87. The lowest BCUT2D eigenvalue weighted by Crippen LogP contribution is -2.35. The summed E-state index contributed by atoms with van der Waals surface area (Å²) in [4.78, 5) is 25.3. The van der Waals surface area contributed by atoms with Crippen molar-refractivity contribution in [1.82, 2.24) is 4.90 Å². The van der Waals surface area contributed by atoms with Crippen LogP contribution < -0.4 is 0 Å². The van der Waals surface area contributed by atoms with Gasteiger partial charge in [0.05, 0.1) is 5.56 Å². The van der Waals surface area contributed by atoms with Crippen LogP contribution in [0.3, 0.4) is 0 Å². The molecule has 1 heterocycles. The summed E-state index contributed by atoms with van der Waals surface area (Å²) in [6.07, 6.45) is 3.95. The number of benzene rings is 2. The van der Waals surface area contributed by atoms with Crippen molar-refractivity contribution >= 4 is 12.2 Å². The molecule has 1 N–H and O–H groups in total. The molecule has 4 nitrogen and oxygen atoms in total. The average molecular weight is 309 g/mol. The van der Waals surface area contributed by atoms with Crippen LogP contribution in [0.2, 0.25) is 0 Å². The fourth-order valence-corrected chi connectivity index (χ4v) is 2.96. The monoisotopic (exact) mass is 309 g/mol. The SMILES string of the molecule is O=Cc1cccc(-c2ccc(C(=O)N3CCCCC3)cc2)c1O. The summed E-state index contributed by atoms with van der Waals surface area (Å²) in [6.45, 7) is 1.64. The van der Waals surface area contributed by atoms with E-state index in [9.17, 15) is 14.7 Å². The molecule has 0 aromatic heterocycles. The molecule has 118 valence electrons. The Kier molecular flexibility index (Phi) is 4.42. The molecule has 0 spiro atoms. The number of hydrogen-bond donors (Lipinski definition) is 1. The van der Waals surface area contributed by atoms with E-state index in [0.717, 1.165) is 31.5 Å². The largest absolute Gasteiger partial charge is 0.507 e. The quantitative estimate of drug-likeness (QED) is 0.883. The molecule has 1 saturated heterocycles. The number of para-hydroxylation sites is 1. The number of amides is 1. The number of aromatic hydroxyl groups is 1. The lowest BCUT2D eigenvalue weighted by Gasteiger charge is -2.26. The second-order valence-electron chi connectivity index (χ2n) is 5.79. The van der Waals surface area contributed by atoms with Crippen molar-refractivity contribution in [2.75, 3.05) is 13.1 Å². The zero-order valence-corrected chi connectivity index (χ0v) is 12.9. The lowest BCUT2D eigenvalue weighted by atomic mass is 10.00. The van der Waals surface area contributed by atoms with Gasteiger partial charge in [-0.05, 0) is 43.0 Å². The summed E-state index contributed by atoms with van der Waals surface area (Å²) in [6, 6.07) is 12.2. The molecule has 0 saturated carbocycles. The first kappa shape index (κ1) is 15.3. The molecule has 0 aliphatic carbocycles. The predicted octanol–water partition coefficient (Wildman–Crippen LogP) is 3.50. The summed E-state index contributed by atoms with van der Waals surface area (Å²) in [5.41, 5.74) is 2.28. The van der Waals surface area contributed by atoms with E-state index in [0.29, 0.717) is 17.4 Å². The molecule has 3 rings (SSSR count). The number of carbonyl (C=O) groups excluding carboxylic acids is 2. The Morgan fingerprint density at radius 2 is 1.70 bits per heavy atom. The smallest absolute Gasteiger partial charge is 0.253 e. The highest BCUT2D eigenvalue weighted by Crippen LogP contribution is 2.31. The number of phenols is 1. The molecule has 2 aromatic rings. The fourth-order valence-electron chi connectivity index (χ4n) is 2.96. The van der Waals surface area contributed by atoms with E-state index in [1.54, 1.807) is 42.5 Å². The van der Waals surface area contributed by atoms with Crippen molar-refractivity contribution < 1.29 is 14.7 Å². The van der Waals surface area contributed by atoms with Gasteiger partial charge in [-0.3, -0.25) is 9.59 Å². The number of hydrogen-bond acceptors (Lipinski definition) is 3. The Morgan fingerprint density at radius 1 is 1.00 bits per heavy atom. The van der Waals surface area contributed by atoms with Crippen LogP contribution in [0.5, 0.6) is 5.75 Å². The van der Waals surface area contributed by atoms with Gasteiger partial charge in [-0.2, -0.15) is 0 Å². The van der Waals surface area contributed by atoms with Gasteiger partial charge in [-0.15, -0.1) is 0 Å². The summed E-state index contributed by atoms with van der Waals surface area (Å²) in [7, 11) is 0. The van der Waals surface area contributed by atoms with Crippen molar-refractivity contribution in [1.29, 1.82) is 0 Å². The molecule has 1 aliphatic heterocycles. The molecule has 1 amide bonds. The van der Waals surface area contributed by atoms with Gasteiger partial charge in [0.15, 0.2) is 6.29 Å². The molecule has 0 radical (unpaired) electrons. The highest BCUT2D eigenvalue weighted by molar-refractivity contribution is 5.95. The number of phenolic OH excluding ortho intramolecular Hbond substituents is 1. The molecule has 0 atom stereocenters. The van der Waals surface area contributed by atoms with Crippen molar-refractivity contribution in [3.8, 4) is 16.9 Å². The minimum atomic E-state index is -0.0300. The standard InChI is InChI=1S/C19H19NO3/c21-13-16-5-4-6-17(18(16)22)14-7-9-15(10-8-14)19(23)20-11-2-1-3-12-20/h4-10,13,22H,1-3,11-12H2. The number of rotatable bonds is 3. The van der Waals surface area contributed by atoms with Crippen molar-refractivity contribution in [3.63, 3.8) is 0 Å². The van der Waals surface area contributed by atoms with Crippen LogP contribution in [-0.2, 0) is 0 Å². The second-order valence-corrected chi connectivity index (χ2v) is 5.79. The van der Waals surface area contributed by atoms with Gasteiger partial charge < -0.3 is 10.0 Å². The van der Waals surface area contributed by atoms with Crippen LogP contribution >= 0.6 is 0 Å². The van der Waals surface area contributed by atoms with Crippen molar-refractivity contribution in [2.45, 2.75) is 19.3 Å². The maximum absolute atomic E-state index is 12.4. The molecular formula is C19H19NO3. The Balaban J connectivity index is 1.85. The van der Waals surface area contributed by atoms with Crippen LogP contribution in [-0.4, -0.2) is 35.3 Å². The Labute approximate surface area is 135 Å². The van der Waals surface area contributed by atoms with Crippen LogP contribution in [0, 0.1) is 0 Å². The van der Waals surface area contributed by atoms with Gasteiger partial charge in [0.1, 0.15) is 5.75 Å². The zero-order chi connectivity index (χ0) is 16.2. The van der Waals surface area contributed by atoms with Crippen LogP contribution in [0.15, 0.2) is 42.5 Å². The minimum absolute atomic E-state index is 0.0300. The topological polar surface area (TPSA) is 57.6 Å². The number of likely N-dealkylation sites (tertiary alicyclic amines) is 1. The van der Waals surface area contributed by atoms with E-state index in [2.05, 4.69) is 0 Å². The first-order chi connectivity index (χ1) is 11.2. The number of nitrogens with zero attached hydrogens (tertiary/aromatic N) is 1. The van der Waals surface area contributed by atoms with E-state index < -0.39 is 0 Å². The fraction of sp³-hybridized carbons (Fsp3) is 0.263. The van der Waals surface area contributed by atoms with Crippen LogP contribution in [0.25, 0.3) is 11.1 Å². The molecule has 1 aliphatic rings. The first-order valence-electron chi connectivity index (χ1n) is 7.87. The third-order valence-corrected chi connectivity index (χ3v) is 4.28. The second kappa shape index (κ2) is 6.65. The van der Waals surface area contributed by atoms with Gasteiger partial charge >= 0.3 is 0 Å². The third kappa shape index (κ3) is 3.11. The van der Waals surface area contributed by atoms with Gasteiger partial charge in [0.2, 0.25) is 0 Å². The Bertz CT molecular complexity index is 716. The van der Waals surface area contributed by atoms with E-state index in [1.165, 1.54) is 6.42 Å². The Hall–Kier alpha value is -2.62. The number of carbonyl (C=O) groups is 2. The van der Waals surface area contributed by atoms with E-state index >= 15 is 0 Å². The maximum atomic E-state index is 12.4. The summed E-state index contributed by atoms with van der Waals surface area (Å²) in [5, 5.41) is 10.1. The highest BCUT2D eigenvalue weighted by Gasteiger charge is 2.18.